The Kier molecular flexibility index (Phi) is 7.09. The number of hydrogen-bond donors (Lipinski definition) is 2. The highest BCUT2D eigenvalue weighted by atomic mass is 16.5. The van der Waals surface area contributed by atoms with E-state index in [2.05, 4.69) is 26.8 Å². The maximum absolute atomic E-state index is 13.0. The fourth-order valence-corrected chi connectivity index (χ4v) is 4.50. The number of carbonyl (C=O) groups is 1. The maximum Gasteiger partial charge on any atom is 0.253 e. The minimum atomic E-state index is -0.149. The average molecular weight is 488 g/mol. The lowest BCUT2D eigenvalue weighted by Gasteiger charge is -2.23. The predicted octanol–water partition coefficient (Wildman–Crippen LogP) is 3.87. The quantitative estimate of drug-likeness (QED) is 0.466. The number of carbonyl (C=O) groups excluding carboxylic acids is 1. The van der Waals surface area contributed by atoms with Gasteiger partial charge in [0.05, 0.1) is 49.3 Å². The highest BCUT2D eigenvalue weighted by molar-refractivity contribution is 6.00. The molecule has 186 valence electrons. The molecule has 2 N–H and O–H groups in total. The third-order valence-electron chi connectivity index (χ3n) is 6.63. The first-order chi connectivity index (χ1) is 17.7. The van der Waals surface area contributed by atoms with Gasteiger partial charge in [-0.2, -0.15) is 10.4 Å². The minimum absolute atomic E-state index is 0.0651. The van der Waals surface area contributed by atoms with Crippen molar-refractivity contribution in [2.75, 3.05) is 25.6 Å². The van der Waals surface area contributed by atoms with E-state index in [0.29, 0.717) is 54.2 Å². The van der Waals surface area contributed by atoms with Crippen molar-refractivity contribution in [1.29, 1.82) is 5.26 Å². The van der Waals surface area contributed by atoms with Gasteiger partial charge in [-0.05, 0) is 43.7 Å². The summed E-state index contributed by atoms with van der Waals surface area (Å²) in [5.41, 5.74) is 2.47. The molecular weight excluding hydrogens is 458 g/mol. The fourth-order valence-electron chi connectivity index (χ4n) is 4.50. The molecule has 1 aliphatic carbocycles. The Labute approximate surface area is 209 Å². The van der Waals surface area contributed by atoms with E-state index >= 15 is 0 Å². The van der Waals surface area contributed by atoms with Crippen LogP contribution < -0.4 is 15.4 Å². The Morgan fingerprint density at radius 2 is 2.06 bits per heavy atom. The van der Waals surface area contributed by atoms with Gasteiger partial charge in [0, 0.05) is 31.0 Å². The first-order valence-electron chi connectivity index (χ1n) is 12.2. The summed E-state index contributed by atoms with van der Waals surface area (Å²) in [7, 11) is 1.57. The van der Waals surface area contributed by atoms with Gasteiger partial charge in [-0.3, -0.25) is 9.48 Å². The summed E-state index contributed by atoms with van der Waals surface area (Å²) in [5.74, 6) is 1.18. The van der Waals surface area contributed by atoms with Gasteiger partial charge >= 0.3 is 0 Å². The number of nitrogens with one attached hydrogen (secondary N) is 2. The van der Waals surface area contributed by atoms with Gasteiger partial charge in [0.1, 0.15) is 5.69 Å². The highest BCUT2D eigenvalue weighted by Crippen LogP contribution is 2.41. The Balaban J connectivity index is 1.38. The Morgan fingerprint density at radius 3 is 2.81 bits per heavy atom. The number of ether oxygens (including phenoxy) is 2. The van der Waals surface area contributed by atoms with Gasteiger partial charge in [0.15, 0.2) is 5.75 Å². The summed E-state index contributed by atoms with van der Waals surface area (Å²) in [5, 5.41) is 20.1. The lowest BCUT2D eigenvalue weighted by atomic mass is 10.1. The molecule has 1 atom stereocenters. The second-order valence-electron chi connectivity index (χ2n) is 9.12. The van der Waals surface area contributed by atoms with Gasteiger partial charge in [-0.25, -0.2) is 9.97 Å². The van der Waals surface area contributed by atoms with Crippen LogP contribution in [0.4, 0.5) is 11.6 Å². The van der Waals surface area contributed by atoms with Crippen LogP contribution in [0.15, 0.2) is 42.9 Å². The van der Waals surface area contributed by atoms with E-state index in [1.165, 1.54) is 0 Å². The molecule has 10 nitrogen and oxygen atoms in total. The van der Waals surface area contributed by atoms with E-state index in [-0.39, 0.29) is 18.0 Å². The number of hydrogen-bond acceptors (Lipinski definition) is 8. The molecule has 3 aromatic rings. The van der Waals surface area contributed by atoms with Crippen LogP contribution in [-0.2, 0) is 4.74 Å². The molecule has 1 aliphatic heterocycles. The standard InChI is InChI=1S/C26H29N7O3/c1-35-23-15-28-26(32-24(23)18-14-29-33(16-18)22(8-11-27)17-6-7-17)31-21-5-3-2-4-20(21)25(34)30-19-9-12-36-13-10-19/h2-5,14-17,19,22H,6-10,12-13H2,1H3,(H,30,34)(H,28,31,32). The Hall–Kier alpha value is -3.97. The number of anilines is 2. The SMILES string of the molecule is COc1cnc(Nc2ccccc2C(=O)NC2CCOCC2)nc1-c1cnn(C(CC#N)C2CC2)c1. The molecule has 0 radical (unpaired) electrons. The minimum Gasteiger partial charge on any atom is -0.493 e. The van der Waals surface area contributed by atoms with Crippen LogP contribution in [-0.4, -0.2) is 52.0 Å². The Morgan fingerprint density at radius 1 is 1.25 bits per heavy atom. The third kappa shape index (κ3) is 5.31. The van der Waals surface area contributed by atoms with Gasteiger partial charge in [-0.15, -0.1) is 0 Å². The van der Waals surface area contributed by atoms with Gasteiger partial charge < -0.3 is 20.1 Å². The summed E-state index contributed by atoms with van der Waals surface area (Å²) in [6, 6.07) is 9.73. The van der Waals surface area contributed by atoms with Crippen LogP contribution in [0, 0.1) is 17.2 Å². The van der Waals surface area contributed by atoms with Crippen molar-refractivity contribution in [3.63, 3.8) is 0 Å². The lowest BCUT2D eigenvalue weighted by molar-refractivity contribution is 0.0697. The third-order valence-corrected chi connectivity index (χ3v) is 6.63. The number of nitrogens with zero attached hydrogens (tertiary/aromatic N) is 5. The average Bonchev–Trinajstić information content (AvgIpc) is 3.63. The second kappa shape index (κ2) is 10.7. The van der Waals surface area contributed by atoms with E-state index in [4.69, 9.17) is 14.5 Å². The number of nitriles is 1. The number of rotatable bonds is 9. The van der Waals surface area contributed by atoms with Crippen LogP contribution >= 0.6 is 0 Å². The molecule has 2 aliphatic rings. The zero-order chi connectivity index (χ0) is 24.9. The zero-order valence-electron chi connectivity index (χ0n) is 20.2. The normalized spacial score (nSPS) is 16.7. The summed E-state index contributed by atoms with van der Waals surface area (Å²) in [6.45, 7) is 1.31. The highest BCUT2D eigenvalue weighted by Gasteiger charge is 2.33. The molecular formula is C26H29N7O3. The van der Waals surface area contributed by atoms with E-state index in [1.807, 2.05) is 29.1 Å². The van der Waals surface area contributed by atoms with E-state index in [9.17, 15) is 10.1 Å². The van der Waals surface area contributed by atoms with Crippen molar-refractivity contribution in [3.05, 3.63) is 48.4 Å². The van der Waals surface area contributed by atoms with Crippen LogP contribution in [0.25, 0.3) is 11.3 Å². The largest absolute Gasteiger partial charge is 0.493 e. The first-order valence-corrected chi connectivity index (χ1v) is 12.2. The summed E-state index contributed by atoms with van der Waals surface area (Å²) >= 11 is 0. The van der Waals surface area contributed by atoms with E-state index < -0.39 is 0 Å². The van der Waals surface area contributed by atoms with Crippen molar-refractivity contribution in [2.45, 2.75) is 44.2 Å². The van der Waals surface area contributed by atoms with Gasteiger partial charge in [0.2, 0.25) is 5.95 Å². The van der Waals surface area contributed by atoms with Crippen LogP contribution in [0.2, 0.25) is 0 Å². The molecule has 1 amide bonds. The molecule has 1 unspecified atom stereocenters. The van der Waals surface area contributed by atoms with Gasteiger partial charge in [-0.1, -0.05) is 12.1 Å². The second-order valence-corrected chi connectivity index (χ2v) is 9.12. The summed E-state index contributed by atoms with van der Waals surface area (Å²) < 4.78 is 12.8. The molecule has 2 fully saturated rings. The topological polar surface area (TPSA) is 127 Å². The lowest BCUT2D eigenvalue weighted by Crippen LogP contribution is -2.39. The van der Waals surface area contributed by atoms with Crippen LogP contribution in [0.3, 0.4) is 0 Å². The summed E-state index contributed by atoms with van der Waals surface area (Å²) in [6.07, 6.45) is 9.50. The fraction of sp³-hybridized carbons (Fsp3) is 0.423. The van der Waals surface area contributed by atoms with Gasteiger partial charge in [0.25, 0.3) is 5.91 Å². The molecule has 2 aromatic heterocycles. The van der Waals surface area contributed by atoms with E-state index in [0.717, 1.165) is 31.2 Å². The molecule has 0 bridgehead atoms. The summed E-state index contributed by atoms with van der Waals surface area (Å²) in [4.78, 5) is 22.1. The molecule has 5 rings (SSSR count). The Bertz CT molecular complexity index is 1260. The van der Waals surface area contributed by atoms with Crippen molar-refractivity contribution in [3.8, 4) is 23.1 Å². The van der Waals surface area contributed by atoms with Crippen LogP contribution in [0.1, 0.15) is 48.5 Å². The number of benzene rings is 1. The molecule has 1 aromatic carbocycles. The molecule has 36 heavy (non-hydrogen) atoms. The first kappa shape index (κ1) is 23.8. The van der Waals surface area contributed by atoms with E-state index in [1.54, 1.807) is 25.6 Å². The zero-order valence-corrected chi connectivity index (χ0v) is 20.2. The predicted molar refractivity (Wildman–Crippen MR) is 133 cm³/mol. The molecule has 1 saturated heterocycles. The van der Waals surface area contributed by atoms with Crippen molar-refractivity contribution in [1.82, 2.24) is 25.1 Å². The number of para-hydroxylation sites is 1. The van der Waals surface area contributed by atoms with Crippen molar-refractivity contribution < 1.29 is 14.3 Å². The van der Waals surface area contributed by atoms with Crippen molar-refractivity contribution >= 4 is 17.5 Å². The molecule has 0 spiro atoms. The monoisotopic (exact) mass is 487 g/mol. The van der Waals surface area contributed by atoms with Crippen molar-refractivity contribution in [2.24, 2.45) is 5.92 Å². The number of aromatic nitrogens is 4. The maximum atomic E-state index is 13.0. The molecule has 3 heterocycles. The number of amides is 1. The smallest absolute Gasteiger partial charge is 0.253 e. The molecule has 1 saturated carbocycles. The van der Waals surface area contributed by atoms with Crippen LogP contribution in [0.5, 0.6) is 5.75 Å². The molecule has 10 heteroatoms. The number of methoxy groups -OCH3 is 1.